The van der Waals surface area contributed by atoms with Gasteiger partial charge in [0.1, 0.15) is 0 Å². The van der Waals surface area contributed by atoms with Crippen LogP contribution in [0, 0.1) is 0 Å². The first-order valence-electron chi connectivity index (χ1n) is 7.82. The molecule has 1 heterocycles. The predicted octanol–water partition coefficient (Wildman–Crippen LogP) is 5.35. The van der Waals surface area contributed by atoms with E-state index in [0.717, 1.165) is 6.54 Å². The Morgan fingerprint density at radius 2 is 1.74 bits per heavy atom. The lowest BCUT2D eigenvalue weighted by Gasteiger charge is -2.45. The summed E-state index contributed by atoms with van der Waals surface area (Å²) in [4.78, 5) is 8.78. The van der Waals surface area contributed by atoms with E-state index in [9.17, 15) is 0 Å². The summed E-state index contributed by atoms with van der Waals surface area (Å²) in [6.45, 7) is 5.65. The van der Waals surface area contributed by atoms with Crippen molar-refractivity contribution in [3.8, 4) is 0 Å². The summed E-state index contributed by atoms with van der Waals surface area (Å²) < 4.78 is 0. The molecule has 0 bridgehead atoms. The zero-order valence-electron chi connectivity index (χ0n) is 14.5. The fraction of sp³-hybridized carbons (Fsp3) is 0.368. The Morgan fingerprint density at radius 3 is 2.43 bits per heavy atom. The summed E-state index contributed by atoms with van der Waals surface area (Å²) >= 11 is 3.68. The highest BCUT2D eigenvalue weighted by atomic mass is 32.2. The Labute approximate surface area is 148 Å². The van der Waals surface area contributed by atoms with Crippen molar-refractivity contribution >= 4 is 34.9 Å². The van der Waals surface area contributed by atoms with E-state index in [4.69, 9.17) is 0 Å². The normalized spacial score (nSPS) is 13.9. The van der Waals surface area contributed by atoms with Gasteiger partial charge in [0.25, 0.3) is 0 Å². The molecule has 1 aliphatic heterocycles. The molecule has 0 spiro atoms. The molecule has 122 valence electrons. The van der Waals surface area contributed by atoms with E-state index in [1.807, 2.05) is 11.8 Å². The van der Waals surface area contributed by atoms with E-state index in [2.05, 4.69) is 86.5 Å². The second-order valence-corrected chi connectivity index (χ2v) is 8.75. The third-order valence-corrected chi connectivity index (χ3v) is 5.90. The lowest BCUT2D eigenvalue weighted by atomic mass is 9.99. The van der Waals surface area contributed by atoms with Gasteiger partial charge in [-0.25, -0.2) is 0 Å². The third kappa shape index (κ3) is 3.25. The van der Waals surface area contributed by atoms with Crippen LogP contribution in [0.2, 0.25) is 0 Å². The molecule has 0 amide bonds. The maximum atomic E-state index is 2.52. The summed E-state index contributed by atoms with van der Waals surface area (Å²) in [5, 5.41) is 0. The zero-order chi connectivity index (χ0) is 16.6. The number of nitrogens with zero attached hydrogens (tertiary/aromatic N) is 2. The molecular formula is C19H24N2S2. The fourth-order valence-electron chi connectivity index (χ4n) is 3.36. The molecule has 2 aromatic carbocycles. The van der Waals surface area contributed by atoms with Crippen LogP contribution in [0.15, 0.2) is 57.2 Å². The lowest BCUT2D eigenvalue weighted by molar-refractivity contribution is 0.313. The molecule has 3 rings (SSSR count). The number of likely N-dealkylation sites (N-methyl/N-ethyl adjacent to an activating group) is 1. The van der Waals surface area contributed by atoms with Gasteiger partial charge in [-0.15, -0.1) is 11.8 Å². The quantitative estimate of drug-likeness (QED) is 0.689. The molecule has 2 nitrogen and oxygen atoms in total. The smallest absolute Gasteiger partial charge is 0.0569 e. The second-order valence-electron chi connectivity index (χ2n) is 6.79. The van der Waals surface area contributed by atoms with Crippen molar-refractivity contribution in [2.24, 2.45) is 0 Å². The predicted molar refractivity (Wildman–Crippen MR) is 104 cm³/mol. The molecule has 0 saturated heterocycles. The van der Waals surface area contributed by atoms with Crippen molar-refractivity contribution in [2.75, 3.05) is 31.8 Å². The van der Waals surface area contributed by atoms with Crippen molar-refractivity contribution in [1.29, 1.82) is 0 Å². The highest BCUT2D eigenvalue weighted by molar-refractivity contribution is 8.00. The average Bonchev–Trinajstić information content (AvgIpc) is 2.50. The van der Waals surface area contributed by atoms with Crippen LogP contribution in [0.4, 0.5) is 11.4 Å². The standard InChI is InChI=1S/C19H24N2S2/c1-19(2,13-20(3)4)21-15-8-6-7-9-17(15)23-18-11-10-14(22-5)12-16(18)21/h6-12H,13H2,1-5H3. The number of thioether (sulfide) groups is 1. The van der Waals surface area contributed by atoms with Crippen molar-refractivity contribution in [3.63, 3.8) is 0 Å². The summed E-state index contributed by atoms with van der Waals surface area (Å²) in [7, 11) is 4.29. The Balaban J connectivity index is 2.17. The van der Waals surface area contributed by atoms with Crippen LogP contribution in [0.25, 0.3) is 0 Å². The zero-order valence-corrected chi connectivity index (χ0v) is 16.1. The molecule has 0 atom stereocenters. The van der Waals surface area contributed by atoms with Gasteiger partial charge in [0, 0.05) is 21.2 Å². The first-order chi connectivity index (χ1) is 10.9. The minimum Gasteiger partial charge on any atom is -0.333 e. The second kappa shape index (κ2) is 6.42. The molecule has 0 saturated carbocycles. The van der Waals surface area contributed by atoms with E-state index >= 15 is 0 Å². The summed E-state index contributed by atoms with van der Waals surface area (Å²) in [6, 6.07) is 15.6. The largest absolute Gasteiger partial charge is 0.333 e. The third-order valence-electron chi connectivity index (χ3n) is 4.04. The molecule has 4 heteroatoms. The number of anilines is 2. The van der Waals surface area contributed by atoms with Crippen LogP contribution in [-0.2, 0) is 0 Å². The maximum Gasteiger partial charge on any atom is 0.0569 e. The highest BCUT2D eigenvalue weighted by Gasteiger charge is 2.34. The number of para-hydroxylation sites is 1. The topological polar surface area (TPSA) is 6.48 Å². The van der Waals surface area contributed by atoms with Crippen LogP contribution in [-0.4, -0.2) is 37.3 Å². The van der Waals surface area contributed by atoms with E-state index in [0.29, 0.717) is 0 Å². The molecular weight excluding hydrogens is 320 g/mol. The Hall–Kier alpha value is -1.10. The van der Waals surface area contributed by atoms with Crippen LogP contribution < -0.4 is 4.90 Å². The van der Waals surface area contributed by atoms with Gasteiger partial charge in [0.05, 0.1) is 16.9 Å². The van der Waals surface area contributed by atoms with Gasteiger partial charge in [0.15, 0.2) is 0 Å². The highest BCUT2D eigenvalue weighted by Crippen LogP contribution is 2.51. The number of hydrogen-bond acceptors (Lipinski definition) is 4. The van der Waals surface area contributed by atoms with Gasteiger partial charge in [0.2, 0.25) is 0 Å². The first-order valence-corrected chi connectivity index (χ1v) is 9.86. The molecule has 0 radical (unpaired) electrons. The SMILES string of the molecule is CSc1ccc2c(c1)N(C(C)(C)CN(C)C)c1ccccc1S2. The van der Waals surface area contributed by atoms with Gasteiger partial charge in [-0.3, -0.25) is 0 Å². The van der Waals surface area contributed by atoms with Crippen molar-refractivity contribution in [2.45, 2.75) is 34.1 Å². The minimum absolute atomic E-state index is 0.00631. The molecule has 0 aromatic heterocycles. The Morgan fingerprint density at radius 1 is 1.04 bits per heavy atom. The fourth-order valence-corrected chi connectivity index (χ4v) is 4.83. The molecule has 0 N–H and O–H groups in total. The molecule has 23 heavy (non-hydrogen) atoms. The van der Waals surface area contributed by atoms with Crippen LogP contribution >= 0.6 is 23.5 Å². The summed E-state index contributed by atoms with van der Waals surface area (Å²) in [6.07, 6.45) is 2.14. The van der Waals surface area contributed by atoms with Crippen LogP contribution in [0.3, 0.4) is 0 Å². The van der Waals surface area contributed by atoms with Crippen molar-refractivity contribution in [3.05, 3.63) is 42.5 Å². The Bertz CT molecular complexity index is 710. The van der Waals surface area contributed by atoms with Gasteiger partial charge in [-0.1, -0.05) is 23.9 Å². The molecule has 0 aliphatic carbocycles. The van der Waals surface area contributed by atoms with E-state index in [1.54, 1.807) is 11.8 Å². The van der Waals surface area contributed by atoms with Crippen LogP contribution in [0.1, 0.15) is 13.8 Å². The maximum absolute atomic E-state index is 2.52. The lowest BCUT2D eigenvalue weighted by Crippen LogP contribution is -2.49. The first kappa shape index (κ1) is 16.7. The molecule has 0 unspecified atom stereocenters. The van der Waals surface area contributed by atoms with Gasteiger partial charge >= 0.3 is 0 Å². The van der Waals surface area contributed by atoms with Crippen molar-refractivity contribution < 1.29 is 0 Å². The molecule has 2 aromatic rings. The monoisotopic (exact) mass is 344 g/mol. The summed E-state index contributed by atoms with van der Waals surface area (Å²) in [5.41, 5.74) is 2.65. The van der Waals surface area contributed by atoms with E-state index < -0.39 is 0 Å². The van der Waals surface area contributed by atoms with Crippen molar-refractivity contribution in [1.82, 2.24) is 4.90 Å². The number of hydrogen-bond donors (Lipinski definition) is 0. The van der Waals surface area contributed by atoms with Crippen LogP contribution in [0.5, 0.6) is 0 Å². The molecule has 1 aliphatic rings. The summed E-state index contributed by atoms with van der Waals surface area (Å²) in [5.74, 6) is 0. The number of rotatable bonds is 4. The number of benzene rings is 2. The van der Waals surface area contributed by atoms with E-state index in [-0.39, 0.29) is 5.54 Å². The average molecular weight is 345 g/mol. The Kier molecular flexibility index (Phi) is 4.68. The molecule has 0 fully saturated rings. The number of fused-ring (bicyclic) bond motifs is 2. The van der Waals surface area contributed by atoms with Gasteiger partial charge in [-0.05, 0) is 64.5 Å². The van der Waals surface area contributed by atoms with E-state index in [1.165, 1.54) is 26.1 Å². The van der Waals surface area contributed by atoms with Gasteiger partial charge in [-0.2, -0.15) is 0 Å². The minimum atomic E-state index is 0.00631. The van der Waals surface area contributed by atoms with Gasteiger partial charge < -0.3 is 9.80 Å².